The van der Waals surface area contributed by atoms with Gasteiger partial charge in [0.1, 0.15) is 47.9 Å². The van der Waals surface area contributed by atoms with Crippen molar-refractivity contribution in [2.45, 2.75) is 38.0 Å². The number of aliphatic carboxylic acids is 1. The number of carboxylic acids is 1. The summed E-state index contributed by atoms with van der Waals surface area (Å²) in [5, 5.41) is 17.5. The lowest BCUT2D eigenvalue weighted by Gasteiger charge is -2.16. The lowest BCUT2D eigenvalue weighted by Crippen LogP contribution is -2.36. The SMILES string of the molecule is O=C(O)C(CCC1C=Nc2ccccc21)NCc1ccc(-c2ccc3ncnc(Nc4ccc(OCc5cccc(F)c5)c(Cl)c4)c3c2)o1. The first-order valence-corrected chi connectivity index (χ1v) is 16.1. The zero-order chi connectivity index (χ0) is 33.7. The number of nitrogens with one attached hydrogen (secondary N) is 2. The highest BCUT2D eigenvalue weighted by Gasteiger charge is 2.23. The molecule has 6 aromatic rings. The van der Waals surface area contributed by atoms with Gasteiger partial charge in [0.2, 0.25) is 0 Å². The largest absolute Gasteiger partial charge is 0.487 e. The van der Waals surface area contributed by atoms with Crippen molar-refractivity contribution < 1.29 is 23.4 Å². The first kappa shape index (κ1) is 32.0. The summed E-state index contributed by atoms with van der Waals surface area (Å²) in [6, 6.07) is 28.2. The maximum absolute atomic E-state index is 13.5. The molecule has 1 aliphatic rings. The van der Waals surface area contributed by atoms with Gasteiger partial charge >= 0.3 is 5.97 Å². The van der Waals surface area contributed by atoms with Crippen molar-refractivity contribution in [3.05, 3.63) is 131 Å². The summed E-state index contributed by atoms with van der Waals surface area (Å²) in [6.07, 6.45) is 4.50. The van der Waals surface area contributed by atoms with Crippen LogP contribution in [0.1, 0.15) is 35.6 Å². The second-order valence-corrected chi connectivity index (χ2v) is 12.1. The summed E-state index contributed by atoms with van der Waals surface area (Å²) in [7, 11) is 0. The van der Waals surface area contributed by atoms with Gasteiger partial charge in [-0.2, -0.15) is 0 Å². The van der Waals surface area contributed by atoms with Crippen LogP contribution >= 0.6 is 11.6 Å². The van der Waals surface area contributed by atoms with Crippen molar-refractivity contribution >= 4 is 51.9 Å². The highest BCUT2D eigenvalue weighted by molar-refractivity contribution is 6.32. The molecular formula is C38H31ClFN5O4. The van der Waals surface area contributed by atoms with E-state index in [9.17, 15) is 14.3 Å². The number of nitrogens with zero attached hydrogens (tertiary/aromatic N) is 3. The molecular weight excluding hydrogens is 645 g/mol. The fourth-order valence-corrected chi connectivity index (χ4v) is 6.08. The van der Waals surface area contributed by atoms with Gasteiger partial charge in [0, 0.05) is 28.8 Å². The summed E-state index contributed by atoms with van der Waals surface area (Å²) in [5.41, 5.74) is 5.01. The molecule has 2 aromatic heterocycles. The zero-order valence-electron chi connectivity index (χ0n) is 26.1. The smallest absolute Gasteiger partial charge is 0.320 e. The second kappa shape index (κ2) is 14.3. The lowest BCUT2D eigenvalue weighted by molar-refractivity contribution is -0.139. The van der Waals surface area contributed by atoms with Crippen LogP contribution in [0.25, 0.3) is 22.2 Å². The van der Waals surface area contributed by atoms with E-state index >= 15 is 0 Å². The highest BCUT2D eigenvalue weighted by atomic mass is 35.5. The topological polar surface area (TPSA) is 122 Å². The van der Waals surface area contributed by atoms with Crippen LogP contribution in [0.3, 0.4) is 0 Å². The molecule has 0 saturated heterocycles. The van der Waals surface area contributed by atoms with Gasteiger partial charge in [-0.15, -0.1) is 0 Å². The molecule has 7 rings (SSSR count). The number of anilines is 2. The summed E-state index contributed by atoms with van der Waals surface area (Å²) >= 11 is 6.52. The number of halogens is 2. The third-order valence-corrected chi connectivity index (χ3v) is 8.67. The van der Waals surface area contributed by atoms with E-state index in [4.69, 9.17) is 20.8 Å². The summed E-state index contributed by atoms with van der Waals surface area (Å²) in [5.74, 6) is 1.16. The summed E-state index contributed by atoms with van der Waals surface area (Å²) in [6.45, 7) is 0.443. The Morgan fingerprint density at radius 1 is 1.00 bits per heavy atom. The number of hydrogen-bond donors (Lipinski definition) is 3. The average molecular weight is 676 g/mol. The Kier molecular flexibility index (Phi) is 9.31. The van der Waals surface area contributed by atoms with Gasteiger partial charge in [0.15, 0.2) is 0 Å². The molecule has 2 unspecified atom stereocenters. The third-order valence-electron chi connectivity index (χ3n) is 8.38. The minimum atomic E-state index is -0.906. The summed E-state index contributed by atoms with van der Waals surface area (Å²) < 4.78 is 25.5. The number of aromatic nitrogens is 2. The average Bonchev–Trinajstić information content (AvgIpc) is 3.75. The molecule has 4 aromatic carbocycles. The molecule has 3 N–H and O–H groups in total. The standard InChI is InChI=1S/C38H31ClFN5O4/c39-31-18-27(10-14-36(31)48-21-23-4-3-5-26(40)16-23)45-37-30-17-24(8-12-33(30)43-22-44-37)35-15-11-28(49-35)20-42-34(38(46)47)13-9-25-19-41-32-7-2-1-6-29(25)32/h1-8,10-12,14-19,22,25,34,42H,9,13,20-21H2,(H,46,47)(H,43,44,45). The van der Waals surface area contributed by atoms with E-state index in [1.807, 2.05) is 66.9 Å². The number of ether oxygens (including phenoxy) is 1. The molecule has 3 heterocycles. The van der Waals surface area contributed by atoms with Crippen molar-refractivity contribution in [1.29, 1.82) is 0 Å². The maximum atomic E-state index is 13.5. The van der Waals surface area contributed by atoms with E-state index < -0.39 is 12.0 Å². The normalized spacial score (nSPS) is 14.1. The predicted octanol–water partition coefficient (Wildman–Crippen LogP) is 8.83. The Balaban J connectivity index is 1.00. The van der Waals surface area contributed by atoms with Crippen molar-refractivity contribution in [2.24, 2.45) is 4.99 Å². The van der Waals surface area contributed by atoms with E-state index in [1.54, 1.807) is 24.3 Å². The van der Waals surface area contributed by atoms with Crippen molar-refractivity contribution in [2.75, 3.05) is 5.32 Å². The van der Waals surface area contributed by atoms with Crippen LogP contribution in [0.4, 0.5) is 21.6 Å². The Morgan fingerprint density at radius 2 is 1.90 bits per heavy atom. The zero-order valence-corrected chi connectivity index (χ0v) is 26.9. The predicted molar refractivity (Wildman–Crippen MR) is 188 cm³/mol. The number of rotatable bonds is 13. The summed E-state index contributed by atoms with van der Waals surface area (Å²) in [4.78, 5) is 25.4. The minimum Gasteiger partial charge on any atom is -0.487 e. The first-order valence-electron chi connectivity index (χ1n) is 15.8. The molecule has 0 fully saturated rings. The molecule has 0 spiro atoms. The molecule has 0 radical (unpaired) electrons. The molecule has 0 saturated carbocycles. The molecule has 9 nitrogen and oxygen atoms in total. The number of para-hydroxylation sites is 1. The van der Waals surface area contributed by atoms with Crippen molar-refractivity contribution in [3.8, 4) is 17.1 Å². The van der Waals surface area contributed by atoms with E-state index in [2.05, 4.69) is 25.6 Å². The fraction of sp³-hybridized carbons (Fsp3) is 0.158. The number of aliphatic imine (C=N–C) groups is 1. The van der Waals surface area contributed by atoms with Gasteiger partial charge in [-0.1, -0.05) is 41.9 Å². The van der Waals surface area contributed by atoms with Crippen LogP contribution in [-0.4, -0.2) is 33.3 Å². The van der Waals surface area contributed by atoms with Crippen molar-refractivity contribution in [1.82, 2.24) is 15.3 Å². The van der Waals surface area contributed by atoms with Gasteiger partial charge in [-0.25, -0.2) is 14.4 Å². The number of furan rings is 1. The quantitative estimate of drug-likeness (QED) is 0.111. The van der Waals surface area contributed by atoms with Gasteiger partial charge in [0.05, 0.1) is 22.8 Å². The Bertz CT molecular complexity index is 2170. The van der Waals surface area contributed by atoms with Crippen LogP contribution in [0.15, 0.2) is 113 Å². The Morgan fingerprint density at radius 3 is 2.76 bits per heavy atom. The van der Waals surface area contributed by atoms with Gasteiger partial charge in [-0.3, -0.25) is 15.1 Å². The third kappa shape index (κ3) is 7.45. The van der Waals surface area contributed by atoms with Crippen LogP contribution in [0.2, 0.25) is 5.02 Å². The van der Waals surface area contributed by atoms with Crippen LogP contribution < -0.4 is 15.4 Å². The monoisotopic (exact) mass is 675 g/mol. The van der Waals surface area contributed by atoms with Crippen molar-refractivity contribution in [3.63, 3.8) is 0 Å². The molecule has 0 amide bonds. The molecule has 1 aliphatic heterocycles. The number of fused-ring (bicyclic) bond motifs is 2. The highest BCUT2D eigenvalue weighted by Crippen LogP contribution is 2.35. The molecule has 2 atom stereocenters. The molecule has 11 heteroatoms. The Labute approximate surface area is 286 Å². The number of carbonyl (C=O) groups is 1. The minimum absolute atomic E-state index is 0.106. The van der Waals surface area contributed by atoms with Gasteiger partial charge < -0.3 is 19.6 Å². The van der Waals surface area contributed by atoms with Crippen LogP contribution in [0, 0.1) is 5.82 Å². The maximum Gasteiger partial charge on any atom is 0.320 e. The van der Waals surface area contributed by atoms with E-state index in [-0.39, 0.29) is 24.9 Å². The second-order valence-electron chi connectivity index (χ2n) is 11.7. The van der Waals surface area contributed by atoms with E-state index in [0.717, 1.165) is 27.7 Å². The van der Waals surface area contributed by atoms with Gasteiger partial charge in [-0.05, 0) is 90.7 Å². The molecule has 0 bridgehead atoms. The number of hydrogen-bond acceptors (Lipinski definition) is 8. The Hall–Kier alpha value is -5.58. The van der Waals surface area contributed by atoms with E-state index in [0.29, 0.717) is 52.2 Å². The number of benzene rings is 4. The lowest BCUT2D eigenvalue weighted by atomic mass is 9.94. The molecule has 246 valence electrons. The molecule has 49 heavy (non-hydrogen) atoms. The van der Waals surface area contributed by atoms with Crippen LogP contribution in [-0.2, 0) is 17.9 Å². The fourth-order valence-electron chi connectivity index (χ4n) is 5.84. The molecule has 0 aliphatic carbocycles. The number of carboxylic acid groups (broad SMARTS) is 1. The first-order chi connectivity index (χ1) is 23.9. The van der Waals surface area contributed by atoms with Crippen LogP contribution in [0.5, 0.6) is 5.75 Å². The van der Waals surface area contributed by atoms with Gasteiger partial charge in [0.25, 0.3) is 0 Å². The van der Waals surface area contributed by atoms with E-state index in [1.165, 1.54) is 18.5 Å².